The number of hydrogen-bond donors (Lipinski definition) is 1. The predicted molar refractivity (Wildman–Crippen MR) is 72.2 cm³/mol. The Bertz CT molecular complexity index is 601. The van der Waals surface area contributed by atoms with E-state index < -0.39 is 5.82 Å². The molecule has 1 aromatic carbocycles. The molecule has 0 aliphatic heterocycles. The van der Waals surface area contributed by atoms with Crippen molar-refractivity contribution in [3.05, 3.63) is 54.0 Å². The van der Waals surface area contributed by atoms with Gasteiger partial charge in [0, 0.05) is 13.2 Å². The highest BCUT2D eigenvalue weighted by Gasteiger charge is 2.16. The molecule has 0 fully saturated rings. The molecule has 0 aliphatic rings. The van der Waals surface area contributed by atoms with Crippen molar-refractivity contribution in [3.63, 3.8) is 0 Å². The van der Waals surface area contributed by atoms with Crippen LogP contribution in [0.1, 0.15) is 5.56 Å². The summed E-state index contributed by atoms with van der Waals surface area (Å²) in [5.41, 5.74) is 6.52. The highest BCUT2D eigenvalue weighted by Crippen LogP contribution is 2.19. The third-order valence-electron chi connectivity index (χ3n) is 2.81. The van der Waals surface area contributed by atoms with E-state index in [1.54, 1.807) is 43.6 Å². The third-order valence-corrected chi connectivity index (χ3v) is 2.81. The molecule has 5 heteroatoms. The Labute approximate surface area is 110 Å². The van der Waals surface area contributed by atoms with Crippen molar-refractivity contribution in [2.24, 2.45) is 0 Å². The summed E-state index contributed by atoms with van der Waals surface area (Å²) < 4.78 is 13.5. The molecule has 2 N–H and O–H groups in total. The monoisotopic (exact) mass is 259 g/mol. The molecule has 0 spiro atoms. The molecule has 0 radical (unpaired) electrons. The molecule has 0 saturated heterocycles. The molecule has 0 unspecified atom stereocenters. The van der Waals surface area contributed by atoms with E-state index in [0.29, 0.717) is 17.1 Å². The molecule has 19 heavy (non-hydrogen) atoms. The first-order chi connectivity index (χ1) is 9.09. The Balaban J connectivity index is 2.17. The molecule has 2 rings (SSSR count). The minimum atomic E-state index is -0.391. The zero-order chi connectivity index (χ0) is 13.8. The van der Waals surface area contributed by atoms with Crippen molar-refractivity contribution in [2.75, 3.05) is 17.7 Å². The minimum absolute atomic E-state index is 0.0286. The maximum atomic E-state index is 13.5. The summed E-state index contributed by atoms with van der Waals surface area (Å²) in [7, 11) is 1.57. The van der Waals surface area contributed by atoms with Gasteiger partial charge >= 0.3 is 0 Å². The van der Waals surface area contributed by atoms with Crippen molar-refractivity contribution in [3.8, 4) is 0 Å². The Morgan fingerprint density at radius 3 is 2.74 bits per heavy atom. The number of nitrogen functional groups attached to an aromatic ring is 1. The van der Waals surface area contributed by atoms with Crippen LogP contribution in [0, 0.1) is 5.82 Å². The normalized spacial score (nSPS) is 10.2. The molecular formula is C14H14FN3O. The summed E-state index contributed by atoms with van der Waals surface area (Å²) in [6.45, 7) is 0. The van der Waals surface area contributed by atoms with Gasteiger partial charge < -0.3 is 5.73 Å². The van der Waals surface area contributed by atoms with Gasteiger partial charge in [0.1, 0.15) is 5.82 Å². The van der Waals surface area contributed by atoms with Gasteiger partial charge in [-0.1, -0.05) is 18.2 Å². The summed E-state index contributed by atoms with van der Waals surface area (Å²) in [5.74, 6) is -0.280. The maximum absolute atomic E-state index is 13.5. The molecule has 0 saturated carbocycles. The number of rotatable bonds is 3. The van der Waals surface area contributed by atoms with E-state index in [1.807, 2.05) is 0 Å². The van der Waals surface area contributed by atoms with Gasteiger partial charge in [0.2, 0.25) is 5.91 Å². The summed E-state index contributed by atoms with van der Waals surface area (Å²) >= 11 is 0. The van der Waals surface area contributed by atoms with Crippen LogP contribution in [-0.4, -0.2) is 17.9 Å². The van der Waals surface area contributed by atoms with Crippen LogP contribution in [0.25, 0.3) is 0 Å². The Hall–Kier alpha value is -2.43. The van der Waals surface area contributed by atoms with Crippen LogP contribution in [0.3, 0.4) is 0 Å². The van der Waals surface area contributed by atoms with Crippen molar-refractivity contribution in [1.82, 2.24) is 4.98 Å². The van der Waals surface area contributed by atoms with Crippen molar-refractivity contribution in [1.29, 1.82) is 0 Å². The van der Waals surface area contributed by atoms with Gasteiger partial charge in [0.25, 0.3) is 0 Å². The number of carbonyl (C=O) groups is 1. The third kappa shape index (κ3) is 2.88. The molecular weight excluding hydrogens is 245 g/mol. The van der Waals surface area contributed by atoms with Gasteiger partial charge in [0.05, 0.1) is 12.1 Å². The quantitative estimate of drug-likeness (QED) is 0.917. The fourth-order valence-corrected chi connectivity index (χ4v) is 1.73. The smallest absolute Gasteiger partial charge is 0.232 e. The average molecular weight is 259 g/mol. The first-order valence-corrected chi connectivity index (χ1v) is 5.80. The highest BCUT2D eigenvalue weighted by atomic mass is 19.1. The summed E-state index contributed by atoms with van der Waals surface area (Å²) in [6.07, 6.45) is 1.53. The Kier molecular flexibility index (Phi) is 3.75. The number of hydrogen-bond acceptors (Lipinski definition) is 3. The number of nitrogens with two attached hydrogens (primary N) is 1. The fourth-order valence-electron chi connectivity index (χ4n) is 1.73. The van der Waals surface area contributed by atoms with E-state index in [4.69, 9.17) is 5.73 Å². The van der Waals surface area contributed by atoms with Gasteiger partial charge in [-0.05, 0) is 23.8 Å². The van der Waals surface area contributed by atoms with Crippen LogP contribution < -0.4 is 10.6 Å². The predicted octanol–water partition coefficient (Wildman–Crippen LogP) is 2.01. The number of amides is 1. The van der Waals surface area contributed by atoms with E-state index in [-0.39, 0.29) is 12.3 Å². The number of pyridine rings is 1. The molecule has 1 amide bonds. The Morgan fingerprint density at radius 2 is 2.05 bits per heavy atom. The summed E-state index contributed by atoms with van der Waals surface area (Å²) in [5, 5.41) is 0. The number of nitrogens with zero attached hydrogens (tertiary/aromatic N) is 2. The average Bonchev–Trinajstić information content (AvgIpc) is 2.41. The van der Waals surface area contributed by atoms with Crippen LogP contribution in [0.4, 0.5) is 15.9 Å². The molecule has 0 bridgehead atoms. The number of aromatic nitrogens is 1. The molecule has 1 aromatic heterocycles. The lowest BCUT2D eigenvalue weighted by molar-refractivity contribution is -0.117. The largest absolute Gasteiger partial charge is 0.396 e. The first-order valence-electron chi connectivity index (χ1n) is 5.80. The van der Waals surface area contributed by atoms with Crippen LogP contribution in [0.5, 0.6) is 0 Å². The lowest BCUT2D eigenvalue weighted by Gasteiger charge is -2.17. The number of halogens is 1. The van der Waals surface area contributed by atoms with E-state index in [9.17, 15) is 9.18 Å². The van der Waals surface area contributed by atoms with Crippen molar-refractivity contribution >= 4 is 17.4 Å². The number of anilines is 2. The fraction of sp³-hybridized carbons (Fsp3) is 0.143. The number of benzene rings is 1. The molecule has 4 nitrogen and oxygen atoms in total. The molecule has 0 aliphatic carbocycles. The molecule has 0 atom stereocenters. The van der Waals surface area contributed by atoms with E-state index in [2.05, 4.69) is 4.98 Å². The maximum Gasteiger partial charge on any atom is 0.232 e. The topological polar surface area (TPSA) is 59.2 Å². The van der Waals surface area contributed by atoms with Crippen molar-refractivity contribution < 1.29 is 9.18 Å². The first kappa shape index (κ1) is 13.0. The lowest BCUT2D eigenvalue weighted by Crippen LogP contribution is -2.29. The van der Waals surface area contributed by atoms with E-state index in [0.717, 1.165) is 0 Å². The van der Waals surface area contributed by atoms with Crippen LogP contribution in [-0.2, 0) is 11.2 Å². The van der Waals surface area contributed by atoms with Gasteiger partial charge in [0.15, 0.2) is 5.82 Å². The zero-order valence-electron chi connectivity index (χ0n) is 10.5. The second-order valence-electron chi connectivity index (χ2n) is 4.14. The second-order valence-corrected chi connectivity index (χ2v) is 4.14. The number of likely N-dealkylation sites (N-methyl/N-ethyl adjacent to an activating group) is 1. The molecule has 98 valence electrons. The number of carbonyl (C=O) groups excluding carboxylic acids is 1. The lowest BCUT2D eigenvalue weighted by atomic mass is 10.1. The SMILES string of the molecule is CN(C(=O)Cc1ccccc1F)c1ncccc1N. The standard InChI is InChI=1S/C14H14FN3O/c1-18(14-12(16)7-4-8-17-14)13(19)9-10-5-2-3-6-11(10)15/h2-8H,9,16H2,1H3. The highest BCUT2D eigenvalue weighted by molar-refractivity contribution is 5.95. The zero-order valence-corrected chi connectivity index (χ0v) is 10.5. The van der Waals surface area contributed by atoms with Gasteiger partial charge in [-0.3, -0.25) is 9.69 Å². The molecule has 2 aromatic rings. The summed E-state index contributed by atoms with van der Waals surface area (Å²) in [6, 6.07) is 9.55. The van der Waals surface area contributed by atoms with Gasteiger partial charge in [-0.25, -0.2) is 9.37 Å². The Morgan fingerprint density at radius 1 is 1.32 bits per heavy atom. The van der Waals surface area contributed by atoms with Gasteiger partial charge in [-0.2, -0.15) is 0 Å². The van der Waals surface area contributed by atoms with E-state index >= 15 is 0 Å². The van der Waals surface area contributed by atoms with Crippen LogP contribution >= 0.6 is 0 Å². The van der Waals surface area contributed by atoms with Crippen LogP contribution in [0.2, 0.25) is 0 Å². The van der Waals surface area contributed by atoms with Crippen LogP contribution in [0.15, 0.2) is 42.6 Å². The molecule has 1 heterocycles. The second kappa shape index (κ2) is 5.48. The van der Waals surface area contributed by atoms with Gasteiger partial charge in [-0.15, -0.1) is 0 Å². The minimum Gasteiger partial charge on any atom is -0.396 e. The van der Waals surface area contributed by atoms with E-state index in [1.165, 1.54) is 11.0 Å². The summed E-state index contributed by atoms with van der Waals surface area (Å²) in [4.78, 5) is 17.5. The van der Waals surface area contributed by atoms with Crippen molar-refractivity contribution in [2.45, 2.75) is 6.42 Å².